The molecule has 2 aromatic rings. The summed E-state index contributed by atoms with van der Waals surface area (Å²) >= 11 is 10.7. The van der Waals surface area contributed by atoms with E-state index in [0.29, 0.717) is 5.88 Å². The Kier molecular flexibility index (Phi) is 5.06. The summed E-state index contributed by atoms with van der Waals surface area (Å²) < 4.78 is 1.07. The van der Waals surface area contributed by atoms with Crippen LogP contribution in [-0.2, 0) is 5.88 Å². The molecule has 80 valence electrons. The molecule has 0 fully saturated rings. The first-order valence-electron chi connectivity index (χ1n) is 4.06. The topological polar surface area (TPSA) is 12.9 Å². The SMILES string of the molecule is Cl.ClCc1csc(-c2cccc(Br)c2)n1. The van der Waals surface area contributed by atoms with Crippen LogP contribution in [0.4, 0.5) is 0 Å². The molecular weight excluding hydrogens is 317 g/mol. The summed E-state index contributed by atoms with van der Waals surface area (Å²) in [6.07, 6.45) is 0. The molecule has 0 saturated carbocycles. The van der Waals surface area contributed by atoms with Gasteiger partial charge in [0.15, 0.2) is 0 Å². The quantitative estimate of drug-likeness (QED) is 0.727. The van der Waals surface area contributed by atoms with E-state index in [1.54, 1.807) is 11.3 Å². The summed E-state index contributed by atoms with van der Waals surface area (Å²) in [5.41, 5.74) is 2.06. The summed E-state index contributed by atoms with van der Waals surface area (Å²) in [6.45, 7) is 0. The summed E-state index contributed by atoms with van der Waals surface area (Å²) in [6, 6.07) is 8.10. The van der Waals surface area contributed by atoms with Crippen LogP contribution in [0.3, 0.4) is 0 Å². The molecule has 5 heteroatoms. The molecule has 0 aliphatic carbocycles. The first-order valence-corrected chi connectivity index (χ1v) is 6.26. The molecule has 0 N–H and O–H groups in total. The van der Waals surface area contributed by atoms with E-state index >= 15 is 0 Å². The molecule has 15 heavy (non-hydrogen) atoms. The molecular formula is C10H8BrCl2NS. The van der Waals surface area contributed by atoms with Crippen LogP contribution in [0.2, 0.25) is 0 Å². The standard InChI is InChI=1S/C10H7BrClNS.ClH/c11-8-3-1-2-7(4-8)10-13-9(5-12)6-14-10;/h1-4,6H,5H2;1H. The van der Waals surface area contributed by atoms with Crippen LogP contribution < -0.4 is 0 Å². The second kappa shape index (κ2) is 5.85. The third-order valence-corrected chi connectivity index (χ3v) is 3.47. The first-order chi connectivity index (χ1) is 6.79. The van der Waals surface area contributed by atoms with E-state index in [4.69, 9.17) is 11.6 Å². The number of hydrogen-bond acceptors (Lipinski definition) is 2. The molecule has 0 spiro atoms. The maximum atomic E-state index is 5.69. The van der Waals surface area contributed by atoms with Gasteiger partial charge in [-0.3, -0.25) is 0 Å². The van der Waals surface area contributed by atoms with Crippen molar-refractivity contribution in [2.24, 2.45) is 0 Å². The summed E-state index contributed by atoms with van der Waals surface area (Å²) in [4.78, 5) is 4.41. The summed E-state index contributed by atoms with van der Waals surface area (Å²) in [5, 5.41) is 3.01. The Bertz CT molecular complexity index is 444. The fraction of sp³-hybridized carbons (Fsp3) is 0.100. The van der Waals surface area contributed by atoms with Gasteiger partial charge in [-0.1, -0.05) is 28.1 Å². The van der Waals surface area contributed by atoms with Crippen molar-refractivity contribution in [3.8, 4) is 10.6 Å². The zero-order chi connectivity index (χ0) is 9.97. The van der Waals surface area contributed by atoms with Gasteiger partial charge in [-0.2, -0.15) is 0 Å². The molecule has 0 aliphatic heterocycles. The van der Waals surface area contributed by atoms with Crippen molar-refractivity contribution < 1.29 is 0 Å². The third kappa shape index (κ3) is 3.18. The number of thiazole rings is 1. The van der Waals surface area contributed by atoms with Gasteiger partial charge >= 0.3 is 0 Å². The highest BCUT2D eigenvalue weighted by molar-refractivity contribution is 9.10. The lowest BCUT2D eigenvalue weighted by Gasteiger charge is -1.95. The van der Waals surface area contributed by atoms with Gasteiger partial charge in [-0.15, -0.1) is 35.3 Å². The highest BCUT2D eigenvalue weighted by Gasteiger charge is 2.03. The molecule has 1 aromatic heterocycles. The van der Waals surface area contributed by atoms with Gasteiger partial charge in [0.25, 0.3) is 0 Å². The second-order valence-corrected chi connectivity index (χ2v) is 4.83. The Morgan fingerprint density at radius 1 is 1.40 bits per heavy atom. The van der Waals surface area contributed by atoms with E-state index in [1.807, 2.05) is 23.6 Å². The minimum atomic E-state index is 0. The van der Waals surface area contributed by atoms with Gasteiger partial charge < -0.3 is 0 Å². The first kappa shape index (κ1) is 13.0. The van der Waals surface area contributed by atoms with Crippen molar-refractivity contribution in [2.75, 3.05) is 0 Å². The average Bonchev–Trinajstić information content (AvgIpc) is 2.66. The van der Waals surface area contributed by atoms with Crippen LogP contribution in [0.1, 0.15) is 5.69 Å². The lowest BCUT2D eigenvalue weighted by Crippen LogP contribution is -1.79. The van der Waals surface area contributed by atoms with E-state index < -0.39 is 0 Å². The van der Waals surface area contributed by atoms with Gasteiger partial charge in [-0.05, 0) is 12.1 Å². The smallest absolute Gasteiger partial charge is 0.123 e. The normalized spacial score (nSPS) is 9.73. The van der Waals surface area contributed by atoms with Crippen LogP contribution in [0.25, 0.3) is 10.6 Å². The number of aromatic nitrogens is 1. The minimum Gasteiger partial charge on any atom is -0.240 e. The highest BCUT2D eigenvalue weighted by atomic mass is 79.9. The number of benzene rings is 1. The molecule has 0 bridgehead atoms. The second-order valence-electron chi connectivity index (χ2n) is 2.79. The summed E-state index contributed by atoms with van der Waals surface area (Å²) in [7, 11) is 0. The predicted octanol–water partition coefficient (Wildman–Crippen LogP) is 4.73. The Morgan fingerprint density at radius 2 is 2.20 bits per heavy atom. The van der Waals surface area contributed by atoms with Crippen LogP contribution in [0.5, 0.6) is 0 Å². The van der Waals surface area contributed by atoms with Crippen LogP contribution in [0, 0.1) is 0 Å². The Morgan fingerprint density at radius 3 is 2.80 bits per heavy atom. The lowest BCUT2D eigenvalue weighted by molar-refractivity contribution is 1.23. The van der Waals surface area contributed by atoms with E-state index in [0.717, 1.165) is 20.7 Å². The molecule has 0 atom stereocenters. The summed E-state index contributed by atoms with van der Waals surface area (Å²) in [5.74, 6) is 0.477. The largest absolute Gasteiger partial charge is 0.240 e. The zero-order valence-electron chi connectivity index (χ0n) is 7.61. The molecule has 1 nitrogen and oxygen atoms in total. The Balaban J connectivity index is 0.00000112. The number of hydrogen-bond donors (Lipinski definition) is 0. The number of alkyl halides is 1. The van der Waals surface area contributed by atoms with Crippen molar-refractivity contribution in [3.05, 3.63) is 39.8 Å². The van der Waals surface area contributed by atoms with Crippen LogP contribution in [-0.4, -0.2) is 4.98 Å². The number of rotatable bonds is 2. The Hall–Kier alpha value is -0.0900. The monoisotopic (exact) mass is 323 g/mol. The number of nitrogens with zero attached hydrogens (tertiary/aromatic N) is 1. The molecule has 0 radical (unpaired) electrons. The van der Waals surface area contributed by atoms with Crippen molar-refractivity contribution in [3.63, 3.8) is 0 Å². The molecule has 1 aromatic carbocycles. The molecule has 0 unspecified atom stereocenters. The molecule has 1 heterocycles. The molecule has 2 rings (SSSR count). The van der Waals surface area contributed by atoms with Crippen molar-refractivity contribution >= 4 is 51.3 Å². The number of halogens is 3. The maximum Gasteiger partial charge on any atom is 0.123 e. The van der Waals surface area contributed by atoms with E-state index in [1.165, 1.54) is 0 Å². The molecule has 0 saturated heterocycles. The van der Waals surface area contributed by atoms with Crippen molar-refractivity contribution in [1.29, 1.82) is 0 Å². The predicted molar refractivity (Wildman–Crippen MR) is 72.1 cm³/mol. The van der Waals surface area contributed by atoms with Crippen molar-refractivity contribution in [2.45, 2.75) is 5.88 Å². The van der Waals surface area contributed by atoms with E-state index in [-0.39, 0.29) is 12.4 Å². The fourth-order valence-electron chi connectivity index (χ4n) is 1.12. The van der Waals surface area contributed by atoms with Crippen molar-refractivity contribution in [1.82, 2.24) is 4.98 Å². The van der Waals surface area contributed by atoms with E-state index in [2.05, 4.69) is 27.0 Å². The molecule has 0 aliphatic rings. The van der Waals surface area contributed by atoms with Gasteiger partial charge in [0.2, 0.25) is 0 Å². The third-order valence-electron chi connectivity index (χ3n) is 1.76. The van der Waals surface area contributed by atoms with Gasteiger partial charge in [0, 0.05) is 15.4 Å². The minimum absolute atomic E-state index is 0. The van der Waals surface area contributed by atoms with Crippen LogP contribution >= 0.6 is 51.3 Å². The van der Waals surface area contributed by atoms with Gasteiger partial charge in [0.1, 0.15) is 5.01 Å². The maximum absolute atomic E-state index is 5.69. The highest BCUT2D eigenvalue weighted by Crippen LogP contribution is 2.26. The van der Waals surface area contributed by atoms with Crippen LogP contribution in [0.15, 0.2) is 34.1 Å². The van der Waals surface area contributed by atoms with Gasteiger partial charge in [0.05, 0.1) is 11.6 Å². The fourth-order valence-corrected chi connectivity index (χ4v) is 2.57. The van der Waals surface area contributed by atoms with E-state index in [9.17, 15) is 0 Å². The molecule has 0 amide bonds. The van der Waals surface area contributed by atoms with Gasteiger partial charge in [-0.25, -0.2) is 4.98 Å². The average molecular weight is 325 g/mol. The lowest BCUT2D eigenvalue weighted by atomic mass is 10.2. The Labute approximate surface area is 112 Å². The zero-order valence-corrected chi connectivity index (χ0v) is 11.6.